The van der Waals surface area contributed by atoms with Gasteiger partial charge in [0.1, 0.15) is 11.2 Å². The Kier molecular flexibility index (Phi) is 5.97. The van der Waals surface area contributed by atoms with Crippen molar-refractivity contribution >= 4 is 22.9 Å². The van der Waals surface area contributed by atoms with Crippen molar-refractivity contribution in [2.24, 2.45) is 0 Å². The highest BCUT2D eigenvalue weighted by Gasteiger charge is 2.33. The second-order valence-electron chi connectivity index (χ2n) is 7.33. The van der Waals surface area contributed by atoms with Gasteiger partial charge >= 0.3 is 5.97 Å². The minimum atomic E-state index is -0.865. The zero-order chi connectivity index (χ0) is 21.0. The molecule has 0 spiro atoms. The van der Waals surface area contributed by atoms with Crippen molar-refractivity contribution in [1.29, 1.82) is 5.26 Å². The van der Waals surface area contributed by atoms with Crippen molar-refractivity contribution in [3.8, 4) is 6.07 Å². The van der Waals surface area contributed by atoms with Gasteiger partial charge in [-0.2, -0.15) is 5.26 Å². The van der Waals surface area contributed by atoms with Gasteiger partial charge in [0.05, 0.1) is 22.7 Å². The van der Waals surface area contributed by atoms with Crippen molar-refractivity contribution < 1.29 is 14.3 Å². The van der Waals surface area contributed by atoms with Gasteiger partial charge in [0.25, 0.3) is 11.5 Å². The first-order chi connectivity index (χ1) is 13.9. The lowest BCUT2D eigenvalue weighted by Gasteiger charge is -2.31. The van der Waals surface area contributed by atoms with E-state index >= 15 is 0 Å². The van der Waals surface area contributed by atoms with E-state index in [1.807, 2.05) is 6.92 Å². The smallest absolute Gasteiger partial charge is 0.338 e. The maximum Gasteiger partial charge on any atom is 0.338 e. The highest BCUT2D eigenvalue weighted by Crippen LogP contribution is 2.27. The number of fused-ring (bicyclic) bond motifs is 1. The molecule has 1 aromatic heterocycles. The Labute approximate surface area is 168 Å². The van der Waals surface area contributed by atoms with Gasteiger partial charge in [0.2, 0.25) is 0 Å². The van der Waals surface area contributed by atoms with Crippen molar-refractivity contribution in [2.45, 2.75) is 58.0 Å². The van der Waals surface area contributed by atoms with E-state index in [9.17, 15) is 19.6 Å². The van der Waals surface area contributed by atoms with Crippen LogP contribution in [0, 0.1) is 18.3 Å². The third kappa shape index (κ3) is 4.29. The number of amides is 1. The van der Waals surface area contributed by atoms with Gasteiger partial charge in [-0.3, -0.25) is 9.59 Å². The lowest BCUT2D eigenvalue weighted by molar-refractivity contribution is -0.125. The van der Waals surface area contributed by atoms with Gasteiger partial charge in [0, 0.05) is 6.54 Å². The molecule has 0 saturated heterocycles. The molecule has 1 amide bonds. The molecule has 29 heavy (non-hydrogen) atoms. The number of nitrogens with zero attached hydrogens (tertiary/aromatic N) is 3. The number of ether oxygens (including phenoxy) is 1. The Morgan fingerprint density at radius 1 is 1.31 bits per heavy atom. The van der Waals surface area contributed by atoms with Gasteiger partial charge in [-0.1, -0.05) is 19.3 Å². The molecule has 0 unspecified atom stereocenters. The van der Waals surface area contributed by atoms with Crippen molar-refractivity contribution in [3.05, 3.63) is 39.8 Å². The number of carbonyl (C=O) groups is 2. The van der Waals surface area contributed by atoms with E-state index in [0.717, 1.165) is 19.3 Å². The Morgan fingerprint density at radius 3 is 2.69 bits per heavy atom. The van der Waals surface area contributed by atoms with Crippen molar-refractivity contribution in [2.75, 3.05) is 6.61 Å². The Balaban J connectivity index is 1.70. The van der Waals surface area contributed by atoms with Crippen LogP contribution in [-0.2, 0) is 16.1 Å². The third-order valence-electron chi connectivity index (χ3n) is 5.30. The number of rotatable bonds is 5. The second-order valence-corrected chi connectivity index (χ2v) is 7.33. The van der Waals surface area contributed by atoms with Gasteiger partial charge in [-0.05, 0) is 44.9 Å². The molecule has 152 valence electrons. The molecule has 0 radical (unpaired) electrons. The topological polar surface area (TPSA) is 114 Å². The first kappa shape index (κ1) is 20.5. The predicted molar refractivity (Wildman–Crippen MR) is 106 cm³/mol. The zero-order valence-electron chi connectivity index (χ0n) is 16.7. The molecule has 8 heteroatoms. The molecule has 1 aliphatic carbocycles. The summed E-state index contributed by atoms with van der Waals surface area (Å²) in [5.41, 5.74) is 0.695. The van der Waals surface area contributed by atoms with Gasteiger partial charge in [0.15, 0.2) is 6.61 Å². The molecule has 3 rings (SSSR count). The van der Waals surface area contributed by atoms with Crippen molar-refractivity contribution in [1.82, 2.24) is 14.9 Å². The minimum Gasteiger partial charge on any atom is -0.452 e. The van der Waals surface area contributed by atoms with Crippen LogP contribution in [0.1, 0.15) is 55.1 Å². The van der Waals surface area contributed by atoms with Crippen LogP contribution in [0.5, 0.6) is 0 Å². The molecule has 0 bridgehead atoms. The SMILES string of the molecule is CCn1c(=O)c(C)nc2cc(C(=O)OCC(=O)NC3(C#N)CCCCC3)ccc21. The molecule has 2 aromatic rings. The summed E-state index contributed by atoms with van der Waals surface area (Å²) in [5.74, 6) is -1.15. The number of aryl methyl sites for hydroxylation is 2. The Hall–Kier alpha value is -3.21. The van der Waals surface area contributed by atoms with Crippen molar-refractivity contribution in [3.63, 3.8) is 0 Å². The maximum absolute atomic E-state index is 12.4. The van der Waals surface area contributed by atoms with Crippen LogP contribution in [0.2, 0.25) is 0 Å². The van der Waals surface area contributed by atoms with Crippen LogP contribution in [0.15, 0.2) is 23.0 Å². The van der Waals surface area contributed by atoms with E-state index in [2.05, 4.69) is 16.4 Å². The molecule has 1 N–H and O–H groups in total. The molecule has 1 saturated carbocycles. The van der Waals surface area contributed by atoms with Crippen LogP contribution >= 0.6 is 0 Å². The van der Waals surface area contributed by atoms with Gasteiger partial charge in [-0.15, -0.1) is 0 Å². The quantitative estimate of drug-likeness (QED) is 0.775. The van der Waals surface area contributed by atoms with Crippen LogP contribution in [-0.4, -0.2) is 33.6 Å². The van der Waals surface area contributed by atoms with Crippen LogP contribution < -0.4 is 10.9 Å². The molecular formula is C21H24N4O4. The summed E-state index contributed by atoms with van der Waals surface area (Å²) in [7, 11) is 0. The lowest BCUT2D eigenvalue weighted by atomic mass is 9.83. The number of hydrogen-bond donors (Lipinski definition) is 1. The average Bonchev–Trinajstić information content (AvgIpc) is 2.73. The summed E-state index contributed by atoms with van der Waals surface area (Å²) in [6.45, 7) is 3.52. The maximum atomic E-state index is 12.4. The lowest BCUT2D eigenvalue weighted by Crippen LogP contribution is -2.50. The summed E-state index contributed by atoms with van der Waals surface area (Å²) in [6.07, 6.45) is 4.05. The first-order valence-corrected chi connectivity index (χ1v) is 9.80. The first-order valence-electron chi connectivity index (χ1n) is 9.80. The summed E-state index contributed by atoms with van der Waals surface area (Å²) in [6, 6.07) is 6.94. The number of nitrogens with one attached hydrogen (secondary N) is 1. The van der Waals surface area contributed by atoms with E-state index in [-0.39, 0.29) is 11.1 Å². The summed E-state index contributed by atoms with van der Waals surface area (Å²) >= 11 is 0. The van der Waals surface area contributed by atoms with Gasteiger partial charge in [-0.25, -0.2) is 9.78 Å². The van der Waals surface area contributed by atoms with E-state index in [1.165, 1.54) is 0 Å². The number of nitriles is 1. The van der Waals surface area contributed by atoms with E-state index < -0.39 is 24.0 Å². The zero-order valence-corrected chi connectivity index (χ0v) is 16.7. The monoisotopic (exact) mass is 396 g/mol. The predicted octanol–water partition coefficient (Wildman–Crippen LogP) is 2.22. The van der Waals surface area contributed by atoms with Crippen LogP contribution in [0.4, 0.5) is 0 Å². The van der Waals surface area contributed by atoms with Gasteiger partial charge < -0.3 is 14.6 Å². The van der Waals surface area contributed by atoms with E-state index in [4.69, 9.17) is 4.74 Å². The molecule has 1 aliphatic rings. The summed E-state index contributed by atoms with van der Waals surface area (Å²) in [4.78, 5) is 41.0. The summed E-state index contributed by atoms with van der Waals surface area (Å²) in [5, 5.41) is 12.1. The molecular weight excluding hydrogens is 372 g/mol. The summed E-state index contributed by atoms with van der Waals surface area (Å²) < 4.78 is 6.71. The van der Waals surface area contributed by atoms with Crippen LogP contribution in [0.25, 0.3) is 11.0 Å². The average molecular weight is 396 g/mol. The Morgan fingerprint density at radius 2 is 2.03 bits per heavy atom. The Bertz CT molecular complexity index is 1050. The fourth-order valence-electron chi connectivity index (χ4n) is 3.75. The fraction of sp³-hybridized carbons (Fsp3) is 0.476. The minimum absolute atomic E-state index is 0.166. The number of benzene rings is 1. The second kappa shape index (κ2) is 8.43. The van der Waals surface area contributed by atoms with Crippen LogP contribution in [0.3, 0.4) is 0 Å². The molecule has 0 aliphatic heterocycles. The molecule has 0 atom stereocenters. The molecule has 1 fully saturated rings. The number of aromatic nitrogens is 2. The normalized spacial score (nSPS) is 15.5. The van der Waals surface area contributed by atoms with E-state index in [0.29, 0.717) is 36.1 Å². The number of carbonyl (C=O) groups excluding carboxylic acids is 2. The highest BCUT2D eigenvalue weighted by molar-refractivity contribution is 5.94. The standard InChI is InChI=1S/C21H24N4O4/c1-3-25-17-8-7-15(11-16(17)23-14(2)19(25)27)20(28)29-12-18(26)24-21(13-22)9-5-4-6-10-21/h7-8,11H,3-6,9-10,12H2,1-2H3,(H,24,26). The fourth-order valence-corrected chi connectivity index (χ4v) is 3.75. The number of esters is 1. The molecule has 1 aromatic carbocycles. The number of hydrogen-bond acceptors (Lipinski definition) is 6. The largest absolute Gasteiger partial charge is 0.452 e. The molecule has 8 nitrogen and oxygen atoms in total. The third-order valence-corrected chi connectivity index (χ3v) is 5.30. The van der Waals surface area contributed by atoms with E-state index in [1.54, 1.807) is 29.7 Å². The highest BCUT2D eigenvalue weighted by atomic mass is 16.5. The molecule has 1 heterocycles.